The van der Waals surface area contributed by atoms with E-state index in [2.05, 4.69) is 10.4 Å². The Morgan fingerprint density at radius 1 is 1.14 bits per heavy atom. The summed E-state index contributed by atoms with van der Waals surface area (Å²) in [5.41, 5.74) is 2.24. The maximum absolute atomic E-state index is 13.3. The first kappa shape index (κ1) is 20.3. The molecule has 0 aliphatic heterocycles. The monoisotopic (exact) mass is 394 g/mol. The van der Waals surface area contributed by atoms with E-state index in [0.717, 1.165) is 5.56 Å². The van der Waals surface area contributed by atoms with Gasteiger partial charge in [0.1, 0.15) is 5.82 Å². The second kappa shape index (κ2) is 8.68. The van der Waals surface area contributed by atoms with Crippen molar-refractivity contribution in [3.63, 3.8) is 0 Å². The molecule has 150 valence electrons. The molecule has 0 fully saturated rings. The standard InChI is InChI=1S/C22H23FN4O2/c1-15(2)26(3)22(29)17-9-7-16(8-10-17)14-24-21(28)20-11-12-27(25-20)19-6-4-5-18(23)13-19/h4-13,15H,14H2,1-3H3,(H,24,28). The quantitative estimate of drug-likeness (QED) is 0.697. The highest BCUT2D eigenvalue weighted by molar-refractivity contribution is 5.94. The number of rotatable bonds is 6. The molecule has 2 aromatic carbocycles. The molecule has 0 spiro atoms. The van der Waals surface area contributed by atoms with Gasteiger partial charge in [-0.25, -0.2) is 9.07 Å². The summed E-state index contributed by atoms with van der Waals surface area (Å²) in [6, 6.07) is 14.8. The molecule has 0 saturated heterocycles. The highest BCUT2D eigenvalue weighted by Gasteiger charge is 2.14. The molecule has 2 amide bonds. The molecule has 0 radical (unpaired) electrons. The molecule has 0 saturated carbocycles. The Hall–Kier alpha value is -3.48. The highest BCUT2D eigenvalue weighted by Crippen LogP contribution is 2.11. The molecule has 6 nitrogen and oxygen atoms in total. The molecule has 1 aromatic heterocycles. The summed E-state index contributed by atoms with van der Waals surface area (Å²) in [6.45, 7) is 4.22. The Morgan fingerprint density at radius 2 is 1.86 bits per heavy atom. The minimum atomic E-state index is -0.370. The Kier molecular flexibility index (Phi) is 6.07. The van der Waals surface area contributed by atoms with Gasteiger partial charge in [-0.1, -0.05) is 18.2 Å². The highest BCUT2D eigenvalue weighted by atomic mass is 19.1. The van der Waals surface area contributed by atoms with Crippen LogP contribution in [-0.4, -0.2) is 39.6 Å². The van der Waals surface area contributed by atoms with Gasteiger partial charge >= 0.3 is 0 Å². The molecule has 0 bridgehead atoms. The smallest absolute Gasteiger partial charge is 0.272 e. The SMILES string of the molecule is CC(C)N(C)C(=O)c1ccc(CNC(=O)c2ccn(-c3cccc(F)c3)n2)cc1. The second-order valence-electron chi connectivity index (χ2n) is 7.01. The van der Waals surface area contributed by atoms with Crippen LogP contribution >= 0.6 is 0 Å². The number of carbonyl (C=O) groups is 2. The lowest BCUT2D eigenvalue weighted by Crippen LogP contribution is -2.32. The van der Waals surface area contributed by atoms with Gasteiger partial charge < -0.3 is 10.2 Å². The first-order valence-corrected chi connectivity index (χ1v) is 9.31. The van der Waals surface area contributed by atoms with Gasteiger partial charge in [-0.2, -0.15) is 5.10 Å². The van der Waals surface area contributed by atoms with Gasteiger partial charge in [0.2, 0.25) is 0 Å². The van der Waals surface area contributed by atoms with E-state index in [1.807, 2.05) is 26.0 Å². The van der Waals surface area contributed by atoms with Crippen LogP contribution in [-0.2, 0) is 6.54 Å². The molecule has 1 heterocycles. The van der Waals surface area contributed by atoms with Gasteiger partial charge in [0.25, 0.3) is 11.8 Å². The number of amides is 2. The number of halogens is 1. The maximum Gasteiger partial charge on any atom is 0.272 e. The van der Waals surface area contributed by atoms with Crippen molar-refractivity contribution in [1.82, 2.24) is 20.0 Å². The van der Waals surface area contributed by atoms with E-state index in [-0.39, 0.29) is 29.4 Å². The minimum absolute atomic E-state index is 0.0431. The lowest BCUT2D eigenvalue weighted by atomic mass is 10.1. The molecule has 1 N–H and O–H groups in total. The van der Waals surface area contributed by atoms with Crippen LogP contribution in [0.25, 0.3) is 5.69 Å². The lowest BCUT2D eigenvalue weighted by molar-refractivity contribution is 0.0754. The molecule has 7 heteroatoms. The molecular formula is C22H23FN4O2. The summed E-state index contributed by atoms with van der Waals surface area (Å²) in [5.74, 6) is -0.746. The zero-order chi connectivity index (χ0) is 21.0. The predicted molar refractivity (Wildman–Crippen MR) is 108 cm³/mol. The minimum Gasteiger partial charge on any atom is -0.347 e. The van der Waals surface area contributed by atoms with Crippen molar-refractivity contribution < 1.29 is 14.0 Å². The average Bonchev–Trinajstić information content (AvgIpc) is 3.21. The van der Waals surface area contributed by atoms with Gasteiger partial charge in [0.15, 0.2) is 5.69 Å². The number of aromatic nitrogens is 2. The van der Waals surface area contributed by atoms with Crippen molar-refractivity contribution in [3.8, 4) is 5.69 Å². The summed E-state index contributed by atoms with van der Waals surface area (Å²) in [4.78, 5) is 26.3. The molecule has 0 atom stereocenters. The normalized spacial score (nSPS) is 10.8. The van der Waals surface area contributed by atoms with E-state index in [4.69, 9.17) is 0 Å². The van der Waals surface area contributed by atoms with Crippen LogP contribution in [0.15, 0.2) is 60.8 Å². The predicted octanol–water partition coefficient (Wildman–Crippen LogP) is 3.42. The van der Waals surface area contributed by atoms with Crippen LogP contribution in [0, 0.1) is 5.82 Å². The van der Waals surface area contributed by atoms with Crippen LogP contribution < -0.4 is 5.32 Å². The van der Waals surface area contributed by atoms with Gasteiger partial charge in [0, 0.05) is 31.4 Å². The Balaban J connectivity index is 1.60. The average molecular weight is 394 g/mol. The van der Waals surface area contributed by atoms with E-state index < -0.39 is 0 Å². The molecule has 0 aliphatic carbocycles. The summed E-state index contributed by atoms with van der Waals surface area (Å²) in [7, 11) is 1.77. The number of hydrogen-bond acceptors (Lipinski definition) is 3. The van der Waals surface area contributed by atoms with E-state index in [9.17, 15) is 14.0 Å². The Bertz CT molecular complexity index is 1010. The molecule has 3 aromatic rings. The van der Waals surface area contributed by atoms with Crippen LogP contribution in [0.2, 0.25) is 0 Å². The number of nitrogens with one attached hydrogen (secondary N) is 1. The zero-order valence-electron chi connectivity index (χ0n) is 16.6. The van der Waals surface area contributed by atoms with E-state index in [1.54, 1.807) is 48.5 Å². The van der Waals surface area contributed by atoms with Crippen molar-refractivity contribution in [2.24, 2.45) is 0 Å². The van der Waals surface area contributed by atoms with Crippen LogP contribution in [0.5, 0.6) is 0 Å². The fourth-order valence-corrected chi connectivity index (χ4v) is 2.68. The largest absolute Gasteiger partial charge is 0.347 e. The van der Waals surface area contributed by atoms with Gasteiger partial charge in [-0.3, -0.25) is 9.59 Å². The fraction of sp³-hybridized carbons (Fsp3) is 0.227. The summed E-state index contributed by atoms with van der Waals surface area (Å²) in [5, 5.41) is 6.99. The van der Waals surface area contributed by atoms with Crippen LogP contribution in [0.3, 0.4) is 0 Å². The Morgan fingerprint density at radius 3 is 2.52 bits per heavy atom. The summed E-state index contributed by atoms with van der Waals surface area (Å²) in [6.07, 6.45) is 1.61. The number of nitrogens with zero attached hydrogens (tertiary/aromatic N) is 3. The van der Waals surface area contributed by atoms with E-state index >= 15 is 0 Å². The number of carbonyl (C=O) groups excluding carboxylic acids is 2. The maximum atomic E-state index is 13.3. The van der Waals surface area contributed by atoms with E-state index in [0.29, 0.717) is 17.8 Å². The van der Waals surface area contributed by atoms with Crippen molar-refractivity contribution in [2.45, 2.75) is 26.4 Å². The first-order chi connectivity index (χ1) is 13.8. The Labute approximate surface area is 169 Å². The zero-order valence-corrected chi connectivity index (χ0v) is 16.6. The van der Waals surface area contributed by atoms with Crippen molar-refractivity contribution >= 4 is 11.8 Å². The molecule has 29 heavy (non-hydrogen) atoms. The van der Waals surface area contributed by atoms with Gasteiger partial charge in [-0.15, -0.1) is 0 Å². The summed E-state index contributed by atoms with van der Waals surface area (Å²) >= 11 is 0. The van der Waals surface area contributed by atoms with Gasteiger partial charge in [-0.05, 0) is 55.8 Å². The first-order valence-electron chi connectivity index (χ1n) is 9.31. The van der Waals surface area contributed by atoms with Crippen molar-refractivity contribution in [1.29, 1.82) is 0 Å². The molecule has 0 aliphatic rings. The third-order valence-corrected chi connectivity index (χ3v) is 4.64. The van der Waals surface area contributed by atoms with Gasteiger partial charge in [0.05, 0.1) is 5.69 Å². The molecule has 0 unspecified atom stereocenters. The topological polar surface area (TPSA) is 67.2 Å². The second-order valence-corrected chi connectivity index (χ2v) is 7.01. The third kappa shape index (κ3) is 4.87. The fourth-order valence-electron chi connectivity index (χ4n) is 2.68. The number of benzene rings is 2. The molecular weight excluding hydrogens is 371 g/mol. The lowest BCUT2D eigenvalue weighted by Gasteiger charge is -2.21. The van der Waals surface area contributed by atoms with Crippen molar-refractivity contribution in [2.75, 3.05) is 7.05 Å². The van der Waals surface area contributed by atoms with Crippen LogP contribution in [0.4, 0.5) is 4.39 Å². The van der Waals surface area contributed by atoms with Crippen LogP contribution in [0.1, 0.15) is 40.3 Å². The van der Waals surface area contributed by atoms with E-state index in [1.165, 1.54) is 16.8 Å². The number of hydrogen-bond donors (Lipinski definition) is 1. The van der Waals surface area contributed by atoms with Crippen molar-refractivity contribution in [3.05, 3.63) is 83.4 Å². The summed E-state index contributed by atoms with van der Waals surface area (Å²) < 4.78 is 14.8. The molecule has 3 rings (SSSR count). The third-order valence-electron chi connectivity index (χ3n) is 4.64.